The summed E-state index contributed by atoms with van der Waals surface area (Å²) < 4.78 is 33.9. The lowest BCUT2D eigenvalue weighted by Gasteiger charge is -2.25. The lowest BCUT2D eigenvalue weighted by Crippen LogP contribution is -2.25. The van der Waals surface area contributed by atoms with Gasteiger partial charge < -0.3 is 15.0 Å². The first-order chi connectivity index (χ1) is 14.5. The molecule has 0 aliphatic carbocycles. The molecule has 9 heteroatoms. The van der Waals surface area contributed by atoms with Crippen LogP contribution in [0.2, 0.25) is 0 Å². The molecule has 0 saturated carbocycles. The lowest BCUT2D eigenvalue weighted by molar-refractivity contribution is 0.113. The van der Waals surface area contributed by atoms with Gasteiger partial charge in [-0.1, -0.05) is 30.0 Å². The number of allylic oxidation sites excluding steroid dienone is 1. The molecule has 2 N–H and O–H groups in total. The molecule has 160 valence electrons. The topological polar surface area (TPSA) is 77.9 Å². The fraction of sp³-hybridized carbons (Fsp3) is 0.381. The number of hydrogen-bond acceptors (Lipinski definition) is 5. The predicted molar refractivity (Wildman–Crippen MR) is 112 cm³/mol. The van der Waals surface area contributed by atoms with E-state index < -0.39 is 17.7 Å². The van der Waals surface area contributed by atoms with Gasteiger partial charge in [0.15, 0.2) is 17.5 Å². The van der Waals surface area contributed by atoms with Crippen molar-refractivity contribution in [1.82, 2.24) is 15.3 Å². The van der Waals surface area contributed by atoms with Crippen molar-refractivity contribution in [3.8, 4) is 0 Å². The Hall–Kier alpha value is -3.07. The Morgan fingerprint density at radius 3 is 3.03 bits per heavy atom. The van der Waals surface area contributed by atoms with Crippen molar-refractivity contribution < 1.29 is 13.5 Å². The molecule has 0 spiro atoms. The van der Waals surface area contributed by atoms with E-state index in [0.29, 0.717) is 23.8 Å². The summed E-state index contributed by atoms with van der Waals surface area (Å²) in [5.74, 6) is -1.41. The predicted octanol–water partition coefficient (Wildman–Crippen LogP) is 4.55. The molecule has 2 heterocycles. The van der Waals surface area contributed by atoms with Crippen LogP contribution in [0.25, 0.3) is 5.70 Å². The zero-order chi connectivity index (χ0) is 21.5. The molecule has 1 aliphatic heterocycles. The molecular formula is C21H26F2N6O. The average molecular weight is 416 g/mol. The fourth-order valence-corrected chi connectivity index (χ4v) is 3.28. The van der Waals surface area contributed by atoms with Crippen molar-refractivity contribution in [2.75, 3.05) is 25.2 Å². The molecular weight excluding hydrogens is 390 g/mol. The van der Waals surface area contributed by atoms with Crippen molar-refractivity contribution >= 4 is 11.4 Å². The standard InChI is InChI=1S/C21H26F2N6O/c1-4-7-18(29(28-24-3)19-10-5-9-16(22)20(19)23)17-13-26-21(27-17)14(2)25-12-15-8-6-11-30-15/h4-5,7,9-10,13,15,18,25H,2,6,8,11-12H2,1,3H3,(H,26,27). The number of benzene rings is 1. The number of aromatic nitrogens is 2. The molecule has 0 amide bonds. The van der Waals surface area contributed by atoms with Crippen LogP contribution < -0.4 is 10.3 Å². The van der Waals surface area contributed by atoms with E-state index in [0.717, 1.165) is 25.5 Å². The molecule has 30 heavy (non-hydrogen) atoms. The third kappa shape index (κ3) is 4.91. The SMILES string of the molecule is C=C(NCC1CCCO1)c1ncc(C(C=CC)N(N=NC)c2cccc(F)c2F)[nH]1. The molecule has 7 nitrogen and oxygen atoms in total. The Balaban J connectivity index is 1.84. The lowest BCUT2D eigenvalue weighted by atomic mass is 10.1. The average Bonchev–Trinajstić information content (AvgIpc) is 3.43. The Bertz CT molecular complexity index is 920. The van der Waals surface area contributed by atoms with E-state index >= 15 is 0 Å². The van der Waals surface area contributed by atoms with Gasteiger partial charge in [-0.3, -0.25) is 0 Å². The maximum atomic E-state index is 14.5. The number of nitrogens with zero attached hydrogens (tertiary/aromatic N) is 4. The van der Waals surface area contributed by atoms with Gasteiger partial charge in [-0.05, 0) is 31.9 Å². The monoisotopic (exact) mass is 416 g/mol. The Morgan fingerprint density at radius 1 is 1.50 bits per heavy atom. The molecule has 2 unspecified atom stereocenters. The molecule has 1 fully saturated rings. The number of H-pyrrole nitrogens is 1. The Kier molecular flexibility index (Phi) is 7.29. The fourth-order valence-electron chi connectivity index (χ4n) is 3.28. The van der Waals surface area contributed by atoms with Crippen LogP contribution in [-0.4, -0.2) is 36.3 Å². The second-order valence-electron chi connectivity index (χ2n) is 6.86. The van der Waals surface area contributed by atoms with E-state index in [1.165, 1.54) is 24.2 Å². The van der Waals surface area contributed by atoms with Crippen molar-refractivity contribution in [1.29, 1.82) is 0 Å². The molecule has 3 rings (SSSR count). The highest BCUT2D eigenvalue weighted by Gasteiger charge is 2.25. The zero-order valence-electron chi connectivity index (χ0n) is 17.1. The number of rotatable bonds is 9. The Labute approximate surface area is 174 Å². The van der Waals surface area contributed by atoms with Crippen LogP contribution in [0, 0.1) is 11.6 Å². The first kappa shape index (κ1) is 21.6. The molecule has 1 aromatic carbocycles. The highest BCUT2D eigenvalue weighted by Crippen LogP contribution is 2.31. The van der Waals surface area contributed by atoms with E-state index in [1.807, 2.05) is 6.92 Å². The second kappa shape index (κ2) is 10.1. The summed E-state index contributed by atoms with van der Waals surface area (Å²) in [6.07, 6.45) is 7.46. The number of ether oxygens (including phenoxy) is 1. The van der Waals surface area contributed by atoms with Gasteiger partial charge in [0.1, 0.15) is 11.7 Å². The van der Waals surface area contributed by atoms with Gasteiger partial charge >= 0.3 is 0 Å². The van der Waals surface area contributed by atoms with Crippen molar-refractivity contribution in [3.05, 3.63) is 66.3 Å². The highest BCUT2D eigenvalue weighted by molar-refractivity contribution is 5.56. The summed E-state index contributed by atoms with van der Waals surface area (Å²) in [6.45, 7) is 7.29. The molecule has 2 aromatic rings. The summed E-state index contributed by atoms with van der Waals surface area (Å²) in [6, 6.07) is 3.35. The molecule has 1 saturated heterocycles. The van der Waals surface area contributed by atoms with Crippen LogP contribution in [0.5, 0.6) is 0 Å². The third-order valence-electron chi connectivity index (χ3n) is 4.77. The van der Waals surface area contributed by atoms with Crippen LogP contribution >= 0.6 is 0 Å². The molecule has 0 bridgehead atoms. The molecule has 1 aromatic heterocycles. The number of hydrogen-bond donors (Lipinski definition) is 2. The summed E-state index contributed by atoms with van der Waals surface area (Å²) in [7, 11) is 1.46. The quantitative estimate of drug-likeness (QED) is 0.357. The summed E-state index contributed by atoms with van der Waals surface area (Å²) in [5.41, 5.74) is 1.21. The third-order valence-corrected chi connectivity index (χ3v) is 4.77. The van der Waals surface area contributed by atoms with E-state index in [9.17, 15) is 8.78 Å². The first-order valence-electron chi connectivity index (χ1n) is 9.80. The van der Waals surface area contributed by atoms with Crippen LogP contribution in [0.1, 0.15) is 37.3 Å². The second-order valence-corrected chi connectivity index (χ2v) is 6.86. The van der Waals surface area contributed by atoms with Gasteiger partial charge in [-0.2, -0.15) is 5.11 Å². The highest BCUT2D eigenvalue weighted by atomic mass is 19.2. The normalized spacial score (nSPS) is 17.7. The van der Waals surface area contributed by atoms with Crippen LogP contribution in [0.3, 0.4) is 0 Å². The van der Waals surface area contributed by atoms with Gasteiger partial charge in [0, 0.05) is 13.2 Å². The van der Waals surface area contributed by atoms with E-state index in [2.05, 4.69) is 32.2 Å². The van der Waals surface area contributed by atoms with Gasteiger partial charge in [0.25, 0.3) is 0 Å². The van der Waals surface area contributed by atoms with Gasteiger partial charge in [-0.15, -0.1) is 0 Å². The molecule has 2 atom stereocenters. The minimum atomic E-state index is -0.998. The number of aromatic amines is 1. The summed E-state index contributed by atoms with van der Waals surface area (Å²) in [4.78, 5) is 7.57. The first-order valence-corrected chi connectivity index (χ1v) is 9.80. The van der Waals surface area contributed by atoms with Crippen molar-refractivity contribution in [2.45, 2.75) is 31.9 Å². The van der Waals surface area contributed by atoms with E-state index in [4.69, 9.17) is 4.74 Å². The summed E-state index contributed by atoms with van der Waals surface area (Å²) in [5, 5.41) is 12.3. The maximum absolute atomic E-state index is 14.5. The van der Waals surface area contributed by atoms with E-state index in [1.54, 1.807) is 18.3 Å². The Morgan fingerprint density at radius 2 is 2.33 bits per heavy atom. The minimum Gasteiger partial charge on any atom is -0.380 e. The van der Waals surface area contributed by atoms with Crippen LogP contribution in [-0.2, 0) is 4.74 Å². The number of nitrogens with one attached hydrogen (secondary N) is 2. The largest absolute Gasteiger partial charge is 0.380 e. The summed E-state index contributed by atoms with van der Waals surface area (Å²) >= 11 is 0. The number of imidazole rings is 1. The zero-order valence-corrected chi connectivity index (χ0v) is 17.1. The van der Waals surface area contributed by atoms with Gasteiger partial charge in [0.2, 0.25) is 0 Å². The van der Waals surface area contributed by atoms with Crippen molar-refractivity contribution in [2.24, 2.45) is 10.3 Å². The van der Waals surface area contributed by atoms with Gasteiger partial charge in [0.05, 0.1) is 30.7 Å². The van der Waals surface area contributed by atoms with Gasteiger partial charge in [-0.25, -0.2) is 18.8 Å². The van der Waals surface area contributed by atoms with Crippen LogP contribution in [0.4, 0.5) is 14.5 Å². The smallest absolute Gasteiger partial charge is 0.184 e. The number of anilines is 1. The molecule has 0 radical (unpaired) electrons. The maximum Gasteiger partial charge on any atom is 0.184 e. The molecule has 1 aliphatic rings. The number of halogens is 2. The van der Waals surface area contributed by atoms with Crippen molar-refractivity contribution in [3.63, 3.8) is 0 Å². The van der Waals surface area contributed by atoms with Crippen LogP contribution in [0.15, 0.2) is 53.5 Å². The van der Waals surface area contributed by atoms with E-state index in [-0.39, 0.29) is 11.8 Å². The minimum absolute atomic E-state index is 0.0322.